The molecular weight excluding hydrogens is 659 g/mol. The van der Waals surface area contributed by atoms with E-state index in [1.807, 2.05) is 29.1 Å². The molecule has 0 aliphatic carbocycles. The third kappa shape index (κ3) is 17.7. The minimum atomic E-state index is -0.879. The number of nitrogens with one attached hydrogen (secondary N) is 1. The van der Waals surface area contributed by atoms with E-state index in [1.54, 1.807) is 43.7 Å². The van der Waals surface area contributed by atoms with Crippen LogP contribution >= 0.6 is 0 Å². The average molecular weight is 720 g/mol. The summed E-state index contributed by atoms with van der Waals surface area (Å²) in [6, 6.07) is 7.78. The smallest absolute Gasteiger partial charge is 0.429 e. The molecule has 52 heavy (non-hydrogen) atoms. The zero-order chi connectivity index (χ0) is 38.3. The lowest BCUT2D eigenvalue weighted by Crippen LogP contribution is -2.55. The fourth-order valence-electron chi connectivity index (χ4n) is 6.11. The van der Waals surface area contributed by atoms with E-state index in [1.165, 1.54) is 0 Å². The molecule has 0 saturated carbocycles. The van der Waals surface area contributed by atoms with Crippen molar-refractivity contribution in [1.82, 2.24) is 19.7 Å². The monoisotopic (exact) mass is 721 g/mol. The van der Waals surface area contributed by atoms with Crippen LogP contribution in [0.3, 0.4) is 0 Å². The van der Waals surface area contributed by atoms with Gasteiger partial charge in [0.2, 0.25) is 0 Å². The minimum Gasteiger partial charge on any atom is -0.494 e. The van der Waals surface area contributed by atoms with Crippen molar-refractivity contribution >= 4 is 66.5 Å². The molecule has 14 nitrogen and oxygen atoms in total. The predicted molar refractivity (Wildman–Crippen MR) is 219 cm³/mol. The van der Waals surface area contributed by atoms with E-state index in [-0.39, 0.29) is 0 Å². The fourth-order valence-corrected chi connectivity index (χ4v) is 6.11. The lowest BCUT2D eigenvalue weighted by molar-refractivity contribution is 0.302. The molecule has 0 aromatic heterocycles. The number of guanidine groups is 1. The normalized spacial score (nSPS) is 13.3. The second-order valence-corrected chi connectivity index (χ2v) is 13.4. The van der Waals surface area contributed by atoms with Crippen LogP contribution in [0.15, 0.2) is 39.1 Å². The van der Waals surface area contributed by atoms with Crippen LogP contribution in [-0.2, 0) is 4.79 Å². The van der Waals surface area contributed by atoms with Crippen LogP contribution in [0.5, 0.6) is 5.75 Å². The van der Waals surface area contributed by atoms with Crippen LogP contribution in [0.4, 0.5) is 0 Å². The van der Waals surface area contributed by atoms with Crippen LogP contribution in [0.2, 0.25) is 34.1 Å². The molecule has 2 rings (SSSR count). The Morgan fingerprint density at radius 2 is 1.46 bits per heavy atom. The summed E-state index contributed by atoms with van der Waals surface area (Å²) in [5, 5.41) is 53.5. The highest BCUT2D eigenvalue weighted by Gasteiger charge is 2.29. The molecule has 20 heteroatoms. The lowest BCUT2D eigenvalue weighted by Gasteiger charge is -2.36. The van der Waals surface area contributed by atoms with Crippen LogP contribution < -0.4 is 9.96 Å². The quantitative estimate of drug-likeness (QED) is 0.0286. The molecule has 1 aromatic rings. The first-order valence-corrected chi connectivity index (χ1v) is 19.1. The van der Waals surface area contributed by atoms with Crippen molar-refractivity contribution in [2.75, 3.05) is 32.8 Å². The Morgan fingerprint density at radius 3 is 2.00 bits per heavy atom. The van der Waals surface area contributed by atoms with Gasteiger partial charge in [-0.15, -0.1) is 0 Å². The summed E-state index contributed by atoms with van der Waals surface area (Å²) < 4.78 is 5.97. The summed E-state index contributed by atoms with van der Waals surface area (Å²) >= 11 is 0. The number of aliphatic imine (C=N–C) groups is 1. The molecule has 0 bridgehead atoms. The Kier molecular flexibility index (Phi) is 22.6. The molecule has 1 radical (unpaired) electrons. The third-order valence-corrected chi connectivity index (χ3v) is 8.66. The topological polar surface area (TPSA) is 186 Å². The van der Waals surface area contributed by atoms with Gasteiger partial charge >= 0.3 is 42.7 Å². The number of nitrogens with zero attached hydrogens (tertiary/aromatic N) is 6. The molecule has 0 saturated heterocycles. The molecule has 1 aliphatic rings. The minimum absolute atomic E-state index is 0.366. The maximum atomic E-state index is 11.2. The molecule has 1 heterocycles. The van der Waals surface area contributed by atoms with Crippen LogP contribution in [-0.4, -0.2) is 139 Å². The number of unbranched alkanes of at least 4 members (excludes halogenated alkanes) is 8. The van der Waals surface area contributed by atoms with Gasteiger partial charge in [0.15, 0.2) is 5.96 Å². The number of amidine groups is 2. The summed E-state index contributed by atoms with van der Waals surface area (Å²) in [7, 11) is -2.73. The van der Waals surface area contributed by atoms with Gasteiger partial charge in [-0.1, -0.05) is 32.1 Å². The molecular formula is C32H60B6N7O7. The first kappa shape index (κ1) is 45.2. The summed E-state index contributed by atoms with van der Waals surface area (Å²) in [4.78, 5) is 29.7. The molecule has 283 valence electrons. The standard InChI is InChI=1S/C32H60B6N7O7/c1-34(47)41-30(42-35(2)48)17-12-9-7-6-8-10-13-23-44(37(4)50)32(40-33-27-46)45(38(5)51)24-14-11-15-26-52-29-20-18-28(19-21-29)31-39-22-16-25-43(31)36(3)49/h18-21,27,47-51H,6-17,22-26H2,1-5H3,(H,41,42). The second kappa shape index (κ2) is 26.0. The summed E-state index contributed by atoms with van der Waals surface area (Å²) in [6.45, 7) is 11.3. The maximum absolute atomic E-state index is 11.2. The van der Waals surface area contributed by atoms with Gasteiger partial charge in [0, 0.05) is 38.2 Å². The Labute approximate surface area is 314 Å². The van der Waals surface area contributed by atoms with Gasteiger partial charge in [-0.25, -0.2) is 0 Å². The predicted octanol–water partition coefficient (Wildman–Crippen LogP) is 2.12. The number of ether oxygens (including phenoxy) is 1. The molecule has 0 unspecified atom stereocenters. The van der Waals surface area contributed by atoms with Crippen LogP contribution in [0, 0.1) is 0 Å². The number of benzene rings is 1. The zero-order valence-corrected chi connectivity index (χ0v) is 32.1. The highest BCUT2D eigenvalue weighted by Crippen LogP contribution is 2.18. The van der Waals surface area contributed by atoms with Crippen LogP contribution in [0.1, 0.15) is 82.6 Å². The van der Waals surface area contributed by atoms with E-state index in [9.17, 15) is 29.9 Å². The van der Waals surface area contributed by atoms with Crippen molar-refractivity contribution in [2.45, 2.75) is 111 Å². The highest BCUT2D eigenvalue weighted by molar-refractivity contribution is 6.67. The molecule has 0 fully saturated rings. The summed E-state index contributed by atoms with van der Waals surface area (Å²) in [5.74, 6) is 2.55. The van der Waals surface area contributed by atoms with Crippen molar-refractivity contribution in [3.05, 3.63) is 29.8 Å². The van der Waals surface area contributed by atoms with E-state index in [0.29, 0.717) is 44.1 Å². The number of rotatable bonds is 25. The van der Waals surface area contributed by atoms with Crippen molar-refractivity contribution in [2.24, 2.45) is 14.8 Å². The summed E-state index contributed by atoms with van der Waals surface area (Å²) in [6.07, 6.45) is 11.4. The zero-order valence-electron chi connectivity index (χ0n) is 32.1. The van der Waals surface area contributed by atoms with Crippen molar-refractivity contribution in [1.29, 1.82) is 0 Å². The van der Waals surface area contributed by atoms with Gasteiger partial charge in [-0.05, 0) is 96.9 Å². The van der Waals surface area contributed by atoms with Gasteiger partial charge < -0.3 is 59.2 Å². The van der Waals surface area contributed by atoms with E-state index in [0.717, 1.165) is 108 Å². The maximum Gasteiger partial charge on any atom is 0.429 e. The van der Waals surface area contributed by atoms with Gasteiger partial charge in [0.05, 0.1) is 12.4 Å². The Balaban J connectivity index is 1.79. The van der Waals surface area contributed by atoms with Crippen molar-refractivity contribution in [3.8, 4) is 5.75 Å². The van der Waals surface area contributed by atoms with E-state index in [4.69, 9.17) is 4.74 Å². The van der Waals surface area contributed by atoms with Gasteiger partial charge in [-0.3, -0.25) is 9.90 Å². The van der Waals surface area contributed by atoms with Crippen molar-refractivity contribution in [3.63, 3.8) is 0 Å². The largest absolute Gasteiger partial charge is 0.494 e. The SMILES string of the molecule is CB(O)N=C(CCCCCCCCCN(B(C)O)C(=N[B]C=O)N(CCCCCOc1ccc(C2=NCCCN2B(C)O)cc1)B(C)O)NB(C)O. The van der Waals surface area contributed by atoms with E-state index in [2.05, 4.69) is 20.0 Å². The van der Waals surface area contributed by atoms with Gasteiger partial charge in [0.1, 0.15) is 17.8 Å². The van der Waals surface area contributed by atoms with Gasteiger partial charge in [0.25, 0.3) is 0 Å². The first-order chi connectivity index (χ1) is 24.9. The van der Waals surface area contributed by atoms with E-state index < -0.39 is 35.3 Å². The Hall–Kier alpha value is -2.91. The molecule has 0 atom stereocenters. The third-order valence-electron chi connectivity index (χ3n) is 8.66. The van der Waals surface area contributed by atoms with Gasteiger partial charge in [-0.2, -0.15) is 0 Å². The first-order valence-electron chi connectivity index (χ1n) is 19.1. The second-order valence-electron chi connectivity index (χ2n) is 13.4. The number of carbonyl (C=O) groups excluding carboxylic acids is 1. The number of hydrogen-bond acceptors (Lipinski definition) is 11. The summed E-state index contributed by atoms with van der Waals surface area (Å²) in [5.41, 5.74) is 0.951. The van der Waals surface area contributed by atoms with Crippen molar-refractivity contribution < 1.29 is 34.7 Å². The molecule has 0 amide bonds. The Morgan fingerprint density at radius 1 is 0.885 bits per heavy atom. The number of carbonyl (C=O) groups is 1. The molecule has 6 N–H and O–H groups in total. The average Bonchev–Trinajstić information content (AvgIpc) is 3.09. The lowest BCUT2D eigenvalue weighted by atomic mass is 9.81. The highest BCUT2D eigenvalue weighted by atomic mass is 16.5. The fraction of sp³-hybridized carbons (Fsp3) is 0.688. The number of hydrogen-bond donors (Lipinski definition) is 6. The van der Waals surface area contributed by atoms with Crippen LogP contribution in [0.25, 0.3) is 0 Å². The molecule has 1 aliphatic heterocycles. The molecule has 1 aromatic carbocycles. The molecule has 0 spiro atoms. The Bertz CT molecular complexity index is 1230. The van der Waals surface area contributed by atoms with E-state index >= 15 is 0 Å².